The maximum atomic E-state index is 12.1. The molecular weight excluding hydrogens is 398 g/mol. The van der Waals surface area contributed by atoms with E-state index in [0.29, 0.717) is 31.5 Å². The molecule has 0 spiro atoms. The highest BCUT2D eigenvalue weighted by Crippen LogP contribution is 2.12. The van der Waals surface area contributed by atoms with Crippen molar-refractivity contribution in [2.24, 2.45) is 0 Å². The van der Waals surface area contributed by atoms with Crippen molar-refractivity contribution < 1.29 is 14.7 Å². The van der Waals surface area contributed by atoms with Gasteiger partial charge in [0.2, 0.25) is 5.91 Å². The number of nitrogens with zero attached hydrogens (tertiary/aromatic N) is 1. The first-order valence-electron chi connectivity index (χ1n) is 11.7. The maximum absolute atomic E-state index is 12.1. The Bertz CT molecular complexity index is 751. The van der Waals surface area contributed by atoms with Crippen LogP contribution >= 0.6 is 0 Å². The zero-order valence-corrected chi connectivity index (χ0v) is 19.5. The molecule has 0 atom stereocenters. The van der Waals surface area contributed by atoms with Crippen molar-refractivity contribution in [1.29, 1.82) is 0 Å². The lowest BCUT2D eigenvalue weighted by Gasteiger charge is -2.25. The molecule has 4 heteroatoms. The number of carboxylic acid groups (broad SMARTS) is 1. The van der Waals surface area contributed by atoms with Crippen LogP contribution in [0.5, 0.6) is 0 Å². The van der Waals surface area contributed by atoms with Crippen molar-refractivity contribution in [2.45, 2.75) is 64.7 Å². The summed E-state index contributed by atoms with van der Waals surface area (Å²) in [6.45, 7) is 3.05. The molecule has 0 radical (unpaired) electrons. The summed E-state index contributed by atoms with van der Waals surface area (Å²) in [6.07, 6.45) is 35.1. The van der Waals surface area contributed by atoms with Gasteiger partial charge in [0.15, 0.2) is 0 Å². The lowest BCUT2D eigenvalue weighted by molar-refractivity contribution is -0.134. The predicted octanol–water partition coefficient (Wildman–Crippen LogP) is 6.71. The van der Waals surface area contributed by atoms with Crippen LogP contribution in [0.4, 0.5) is 0 Å². The van der Waals surface area contributed by atoms with Gasteiger partial charge in [-0.3, -0.25) is 4.79 Å². The van der Waals surface area contributed by atoms with E-state index in [1.165, 1.54) is 0 Å². The highest BCUT2D eigenvalue weighted by molar-refractivity contribution is 5.87. The van der Waals surface area contributed by atoms with E-state index in [9.17, 15) is 9.59 Å². The smallest absolute Gasteiger partial charge is 0.331 e. The van der Waals surface area contributed by atoms with E-state index in [0.717, 1.165) is 44.9 Å². The molecule has 0 saturated carbocycles. The Morgan fingerprint density at radius 3 is 1.69 bits per heavy atom. The van der Waals surface area contributed by atoms with Gasteiger partial charge in [-0.25, -0.2) is 4.79 Å². The zero-order valence-electron chi connectivity index (χ0n) is 19.5. The molecule has 1 aliphatic heterocycles. The molecule has 0 aliphatic carbocycles. The average Bonchev–Trinajstić information content (AvgIpc) is 2.80. The molecule has 0 bridgehead atoms. The monoisotopic (exact) mass is 437 g/mol. The SMILES string of the molecule is CCC=CCC=CCC=CCC=CCC=CCC=CCCC(=O)N1CC=C(C(=O)O)CC1. The van der Waals surface area contributed by atoms with Crippen molar-refractivity contribution in [2.75, 3.05) is 13.1 Å². The Morgan fingerprint density at radius 1 is 0.812 bits per heavy atom. The Labute approximate surface area is 194 Å². The minimum absolute atomic E-state index is 0.0882. The Kier molecular flexibility index (Phi) is 16.0. The molecule has 1 heterocycles. The largest absolute Gasteiger partial charge is 0.478 e. The van der Waals surface area contributed by atoms with Gasteiger partial charge >= 0.3 is 5.97 Å². The summed E-state index contributed by atoms with van der Waals surface area (Å²) in [5.41, 5.74) is 0.408. The van der Waals surface area contributed by atoms with Crippen molar-refractivity contribution >= 4 is 11.9 Å². The first-order chi connectivity index (χ1) is 15.6. The molecule has 0 fully saturated rings. The number of hydrogen-bond acceptors (Lipinski definition) is 2. The lowest BCUT2D eigenvalue weighted by atomic mass is 10.1. The summed E-state index contributed by atoms with van der Waals surface area (Å²) >= 11 is 0. The molecule has 1 rings (SSSR count). The Morgan fingerprint density at radius 2 is 1.28 bits per heavy atom. The number of allylic oxidation sites excluding steroid dienone is 12. The molecule has 1 N–H and O–H groups in total. The predicted molar refractivity (Wildman–Crippen MR) is 134 cm³/mol. The van der Waals surface area contributed by atoms with E-state index in [1.54, 1.807) is 11.0 Å². The fraction of sp³-hybridized carbons (Fsp3) is 0.429. The first-order valence-corrected chi connectivity index (χ1v) is 11.7. The molecule has 0 unspecified atom stereocenters. The summed E-state index contributed by atoms with van der Waals surface area (Å²) in [5.74, 6) is -0.791. The lowest BCUT2D eigenvalue weighted by Crippen LogP contribution is -2.35. The van der Waals surface area contributed by atoms with Crippen molar-refractivity contribution in [3.8, 4) is 0 Å². The van der Waals surface area contributed by atoms with Crippen molar-refractivity contribution in [3.05, 3.63) is 84.6 Å². The molecular formula is C28H39NO3. The number of hydrogen-bond donors (Lipinski definition) is 1. The fourth-order valence-electron chi connectivity index (χ4n) is 3.09. The molecule has 0 aromatic carbocycles. The van der Waals surface area contributed by atoms with Gasteiger partial charge in [-0.2, -0.15) is 0 Å². The second-order valence-corrected chi connectivity index (χ2v) is 7.58. The quantitative estimate of drug-likeness (QED) is 0.290. The van der Waals surface area contributed by atoms with Gasteiger partial charge < -0.3 is 10.0 Å². The van der Waals surface area contributed by atoms with Gasteiger partial charge in [-0.05, 0) is 51.4 Å². The van der Waals surface area contributed by atoms with Gasteiger partial charge in [0, 0.05) is 25.1 Å². The summed E-state index contributed by atoms with van der Waals surface area (Å²) in [7, 11) is 0. The van der Waals surface area contributed by atoms with Gasteiger partial charge in [-0.1, -0.05) is 85.9 Å². The van der Waals surface area contributed by atoms with Crippen molar-refractivity contribution in [1.82, 2.24) is 4.90 Å². The molecule has 1 aliphatic rings. The number of rotatable bonds is 15. The van der Waals surface area contributed by atoms with Crippen molar-refractivity contribution in [3.63, 3.8) is 0 Å². The van der Waals surface area contributed by atoms with Crippen LogP contribution < -0.4 is 0 Å². The molecule has 0 aromatic heterocycles. The standard InChI is InChI=1S/C28H39NO3/c1-2-3-4-5-6-7-8-9-10-11-12-13-14-15-16-17-18-19-20-21-27(30)29-24-22-26(23-25-29)28(31)32/h3-4,6-7,9-10,12-13,15-16,18-19,22H,2,5,8,11,14,17,20-21,23-25H2,1H3,(H,31,32). The van der Waals surface area contributed by atoms with Crippen LogP contribution in [-0.4, -0.2) is 35.0 Å². The van der Waals surface area contributed by atoms with E-state index in [2.05, 4.69) is 73.8 Å². The molecule has 0 aromatic rings. The van der Waals surface area contributed by atoms with E-state index in [4.69, 9.17) is 5.11 Å². The number of carbonyl (C=O) groups is 2. The average molecular weight is 438 g/mol. The van der Waals surface area contributed by atoms with Crippen LogP contribution in [0.1, 0.15) is 64.7 Å². The molecule has 0 saturated heterocycles. The number of amides is 1. The van der Waals surface area contributed by atoms with Gasteiger partial charge in [-0.15, -0.1) is 0 Å². The summed E-state index contributed by atoms with van der Waals surface area (Å²) in [4.78, 5) is 24.8. The van der Waals surface area contributed by atoms with Gasteiger partial charge in [0.05, 0.1) is 0 Å². The van der Waals surface area contributed by atoms with Crippen LogP contribution in [0, 0.1) is 0 Å². The normalized spacial score (nSPS) is 15.4. The second-order valence-electron chi connectivity index (χ2n) is 7.58. The highest BCUT2D eigenvalue weighted by Gasteiger charge is 2.19. The molecule has 4 nitrogen and oxygen atoms in total. The van der Waals surface area contributed by atoms with Crippen LogP contribution in [-0.2, 0) is 9.59 Å². The summed E-state index contributed by atoms with van der Waals surface area (Å²) in [6, 6.07) is 0. The van der Waals surface area contributed by atoms with E-state index in [1.807, 2.05) is 6.08 Å². The third kappa shape index (κ3) is 14.2. The fourth-order valence-corrected chi connectivity index (χ4v) is 3.09. The van der Waals surface area contributed by atoms with Crippen LogP contribution in [0.25, 0.3) is 0 Å². The number of carboxylic acids is 1. The van der Waals surface area contributed by atoms with E-state index < -0.39 is 5.97 Å². The first kappa shape index (κ1) is 27.2. The molecule has 174 valence electrons. The zero-order chi connectivity index (χ0) is 23.3. The van der Waals surface area contributed by atoms with Gasteiger partial charge in [0.1, 0.15) is 0 Å². The second kappa shape index (κ2) is 18.9. The summed E-state index contributed by atoms with van der Waals surface area (Å²) in [5, 5.41) is 8.94. The van der Waals surface area contributed by atoms with Crippen LogP contribution in [0.3, 0.4) is 0 Å². The topological polar surface area (TPSA) is 57.6 Å². The third-order valence-corrected chi connectivity index (χ3v) is 4.96. The van der Waals surface area contributed by atoms with E-state index >= 15 is 0 Å². The molecule has 1 amide bonds. The third-order valence-electron chi connectivity index (χ3n) is 4.96. The minimum atomic E-state index is -0.880. The maximum Gasteiger partial charge on any atom is 0.331 e. The van der Waals surface area contributed by atoms with Crippen LogP contribution in [0.2, 0.25) is 0 Å². The Hall–Kier alpha value is -2.88. The Balaban J connectivity index is 2.03. The number of carbonyl (C=O) groups excluding carboxylic acids is 1. The molecule has 32 heavy (non-hydrogen) atoms. The van der Waals surface area contributed by atoms with E-state index in [-0.39, 0.29) is 5.91 Å². The van der Waals surface area contributed by atoms with Gasteiger partial charge in [0.25, 0.3) is 0 Å². The highest BCUT2D eigenvalue weighted by atomic mass is 16.4. The minimum Gasteiger partial charge on any atom is -0.478 e. The number of aliphatic carboxylic acids is 1. The van der Waals surface area contributed by atoms with Crippen LogP contribution in [0.15, 0.2) is 84.6 Å². The summed E-state index contributed by atoms with van der Waals surface area (Å²) < 4.78 is 0.